The van der Waals surface area contributed by atoms with E-state index in [1.807, 2.05) is 19.1 Å². The number of primary amides is 2. The van der Waals surface area contributed by atoms with Crippen molar-refractivity contribution in [1.82, 2.24) is 19.5 Å². The summed E-state index contributed by atoms with van der Waals surface area (Å²) in [6, 6.07) is 3.07. The van der Waals surface area contributed by atoms with Crippen LogP contribution in [0.1, 0.15) is 77.1 Å². The monoisotopic (exact) mass is 723 g/mol. The summed E-state index contributed by atoms with van der Waals surface area (Å²) in [5.41, 5.74) is 19.2. The number of aromatic nitrogens is 4. The van der Waals surface area contributed by atoms with Crippen molar-refractivity contribution in [3.8, 4) is 5.75 Å². The van der Waals surface area contributed by atoms with E-state index in [9.17, 15) is 14.4 Å². The molecule has 0 spiro atoms. The molecule has 0 bridgehead atoms. The van der Waals surface area contributed by atoms with Gasteiger partial charge in [0.05, 0.1) is 24.2 Å². The molecule has 0 atom stereocenters. The summed E-state index contributed by atoms with van der Waals surface area (Å²) in [4.78, 5) is 54.8. The van der Waals surface area contributed by atoms with Crippen LogP contribution in [-0.4, -0.2) is 65.3 Å². The van der Waals surface area contributed by atoms with E-state index in [0.29, 0.717) is 76.6 Å². The minimum Gasteiger partial charge on any atom is -0.491 e. The molecule has 0 radical (unpaired) electrons. The number of benzene rings is 1. The maximum atomic E-state index is 13.2. The molecule has 0 unspecified atom stereocenters. The summed E-state index contributed by atoms with van der Waals surface area (Å²) in [5, 5.41) is 3.36. The molecular weight excluding hydrogens is 679 g/mol. The summed E-state index contributed by atoms with van der Waals surface area (Å²) in [5.74, 6) is -1.12. The van der Waals surface area contributed by atoms with Gasteiger partial charge in [0.15, 0.2) is 29.5 Å². The predicted molar refractivity (Wildman–Crippen MR) is 195 cm³/mol. The van der Waals surface area contributed by atoms with E-state index < -0.39 is 26.0 Å². The van der Waals surface area contributed by atoms with E-state index in [1.165, 1.54) is 12.3 Å². The second-order valence-electron chi connectivity index (χ2n) is 13.0. The van der Waals surface area contributed by atoms with Crippen molar-refractivity contribution in [2.75, 3.05) is 30.8 Å². The molecule has 3 amide bonds. The lowest BCUT2D eigenvalue weighted by Crippen LogP contribution is -2.41. The summed E-state index contributed by atoms with van der Waals surface area (Å²) >= 11 is 1.09. The molecule has 4 aromatic rings. The summed E-state index contributed by atoms with van der Waals surface area (Å²) < 4.78 is 19.5. The zero-order valence-corrected chi connectivity index (χ0v) is 31.3. The SMILES string of the molecule is CCc1nc(C)oc1C(=O)/N=c1\sc2nc(C(N)=O)cnc2n1C/C=C/CNc1c(N)cc(C(N)=O)cc1OCCCO[Si](C)(C)C(C)(C)C. The van der Waals surface area contributed by atoms with Crippen LogP contribution in [0.4, 0.5) is 11.4 Å². The number of rotatable bonds is 15. The zero-order chi connectivity index (χ0) is 36.8. The van der Waals surface area contributed by atoms with Crippen molar-refractivity contribution in [1.29, 1.82) is 0 Å². The number of ether oxygens (including phenoxy) is 1. The number of nitrogens with two attached hydrogens (primary N) is 3. The fraction of sp³-hybridized carbons (Fsp3) is 0.424. The third kappa shape index (κ3) is 9.02. The third-order valence-corrected chi connectivity index (χ3v) is 13.8. The van der Waals surface area contributed by atoms with Gasteiger partial charge in [0.1, 0.15) is 17.1 Å². The Morgan fingerprint density at radius 3 is 2.52 bits per heavy atom. The highest BCUT2D eigenvalue weighted by molar-refractivity contribution is 7.15. The Labute approximate surface area is 295 Å². The molecule has 0 aliphatic carbocycles. The van der Waals surface area contributed by atoms with Crippen LogP contribution in [-0.2, 0) is 17.4 Å². The van der Waals surface area contributed by atoms with Crippen molar-refractivity contribution in [2.24, 2.45) is 16.5 Å². The van der Waals surface area contributed by atoms with E-state index in [-0.39, 0.29) is 28.6 Å². The predicted octanol–water partition coefficient (Wildman–Crippen LogP) is 4.33. The molecule has 4 rings (SSSR count). The van der Waals surface area contributed by atoms with Gasteiger partial charge in [-0.25, -0.2) is 15.0 Å². The number of anilines is 2. The highest BCUT2D eigenvalue weighted by Crippen LogP contribution is 2.37. The normalized spacial score (nSPS) is 12.6. The first-order chi connectivity index (χ1) is 23.5. The number of hydrogen-bond acceptors (Lipinski definition) is 12. The zero-order valence-electron chi connectivity index (χ0n) is 29.5. The molecular formula is C33H45N9O6SSi. The van der Waals surface area contributed by atoms with Gasteiger partial charge in [0.25, 0.3) is 5.91 Å². The van der Waals surface area contributed by atoms with Crippen LogP contribution in [0.25, 0.3) is 10.5 Å². The molecule has 1 aromatic carbocycles. The van der Waals surface area contributed by atoms with E-state index in [2.05, 4.69) is 59.1 Å². The number of oxazole rings is 1. The van der Waals surface area contributed by atoms with Gasteiger partial charge in [-0.3, -0.25) is 19.0 Å². The Balaban J connectivity index is 1.52. The van der Waals surface area contributed by atoms with Crippen LogP contribution in [0.5, 0.6) is 5.75 Å². The summed E-state index contributed by atoms with van der Waals surface area (Å²) in [6.07, 6.45) is 6.11. The topological polar surface area (TPSA) is 229 Å². The van der Waals surface area contributed by atoms with Gasteiger partial charge < -0.3 is 36.1 Å². The highest BCUT2D eigenvalue weighted by atomic mass is 32.1. The van der Waals surface area contributed by atoms with E-state index in [4.69, 9.17) is 30.8 Å². The molecule has 0 aliphatic rings. The maximum Gasteiger partial charge on any atom is 0.317 e. The van der Waals surface area contributed by atoms with Gasteiger partial charge in [-0.1, -0.05) is 51.2 Å². The van der Waals surface area contributed by atoms with Gasteiger partial charge in [-0.15, -0.1) is 0 Å². The molecule has 50 heavy (non-hydrogen) atoms. The molecule has 3 heterocycles. The van der Waals surface area contributed by atoms with E-state index >= 15 is 0 Å². The van der Waals surface area contributed by atoms with Crippen molar-refractivity contribution in [3.63, 3.8) is 0 Å². The van der Waals surface area contributed by atoms with Gasteiger partial charge in [0, 0.05) is 38.6 Å². The number of fused-ring (bicyclic) bond motifs is 1. The number of nitrogens with zero attached hydrogens (tertiary/aromatic N) is 5. The molecule has 0 saturated heterocycles. The Morgan fingerprint density at radius 2 is 1.86 bits per heavy atom. The third-order valence-electron chi connectivity index (χ3n) is 8.26. The summed E-state index contributed by atoms with van der Waals surface area (Å²) in [7, 11) is -1.89. The molecule has 3 aromatic heterocycles. The van der Waals surface area contributed by atoms with Gasteiger partial charge >= 0.3 is 5.91 Å². The number of carbonyl (C=O) groups excluding carboxylic acids is 3. The van der Waals surface area contributed by atoms with Crippen molar-refractivity contribution >= 4 is 59.2 Å². The fourth-order valence-electron chi connectivity index (χ4n) is 4.52. The maximum absolute atomic E-state index is 13.2. The number of aryl methyl sites for hydroxylation is 2. The van der Waals surface area contributed by atoms with Crippen LogP contribution >= 0.6 is 11.3 Å². The smallest absolute Gasteiger partial charge is 0.317 e. The molecule has 0 aliphatic heterocycles. The van der Waals surface area contributed by atoms with Crippen molar-refractivity contribution in [3.05, 3.63) is 63.9 Å². The second kappa shape index (κ2) is 15.8. The molecule has 268 valence electrons. The van der Waals surface area contributed by atoms with Crippen LogP contribution in [0.3, 0.4) is 0 Å². The first-order valence-corrected chi connectivity index (χ1v) is 19.8. The van der Waals surface area contributed by atoms with Crippen molar-refractivity contribution < 1.29 is 28.0 Å². The average molecular weight is 724 g/mol. The Kier molecular flexibility index (Phi) is 12.0. The van der Waals surface area contributed by atoms with Crippen LogP contribution in [0, 0.1) is 6.92 Å². The average Bonchev–Trinajstić information content (AvgIpc) is 3.59. The lowest BCUT2D eigenvalue weighted by atomic mass is 10.1. The number of amides is 3. The first kappa shape index (κ1) is 37.9. The minimum absolute atomic E-state index is 0.0104. The van der Waals surface area contributed by atoms with Crippen LogP contribution in [0.15, 0.2) is 39.9 Å². The number of carbonyl (C=O) groups is 3. The van der Waals surface area contributed by atoms with E-state index in [0.717, 1.165) is 11.3 Å². The van der Waals surface area contributed by atoms with Gasteiger partial charge in [-0.05, 0) is 36.7 Å². The molecule has 0 saturated carbocycles. The lowest BCUT2D eigenvalue weighted by molar-refractivity contribution is 0.0966. The molecule has 0 fully saturated rings. The number of allylic oxidation sites excluding steroid dienone is 1. The Hall–Kier alpha value is -4.87. The lowest BCUT2D eigenvalue weighted by Gasteiger charge is -2.36. The number of hydrogen-bond donors (Lipinski definition) is 4. The van der Waals surface area contributed by atoms with Crippen LogP contribution < -0.4 is 32.1 Å². The Morgan fingerprint density at radius 1 is 1.12 bits per heavy atom. The first-order valence-electron chi connectivity index (χ1n) is 16.1. The molecule has 17 heteroatoms. The van der Waals surface area contributed by atoms with Crippen molar-refractivity contribution in [2.45, 2.75) is 72.1 Å². The Bertz CT molecular complexity index is 1990. The van der Waals surface area contributed by atoms with E-state index in [1.54, 1.807) is 17.6 Å². The van der Waals surface area contributed by atoms with Gasteiger partial charge in [0.2, 0.25) is 11.7 Å². The summed E-state index contributed by atoms with van der Waals surface area (Å²) in [6.45, 7) is 16.0. The minimum atomic E-state index is -1.89. The quantitative estimate of drug-likeness (QED) is 0.0584. The van der Waals surface area contributed by atoms with Gasteiger partial charge in [-0.2, -0.15) is 4.99 Å². The number of thiazole rings is 1. The van der Waals surface area contributed by atoms with Crippen LogP contribution in [0.2, 0.25) is 18.1 Å². The number of nitrogens with one attached hydrogen (secondary N) is 1. The molecule has 7 N–H and O–H groups in total. The fourth-order valence-corrected chi connectivity index (χ4v) is 6.58. The molecule has 15 nitrogen and oxygen atoms in total. The largest absolute Gasteiger partial charge is 0.491 e. The second-order valence-corrected chi connectivity index (χ2v) is 18.8. The highest BCUT2D eigenvalue weighted by Gasteiger charge is 2.36. The number of nitrogen functional groups attached to an aromatic ring is 1. The standard InChI is InChI=1S/C33H45N9O6SSi/c1-8-22-26(48-19(2)39-22)30(45)41-32-42(29-31(49-32)40-23(18-38-29)28(36)44)13-10-9-12-37-25-21(34)16-20(27(35)43)17-24(25)46-14-11-15-47-50(6,7)33(3,4)5/h9-10,16-18,37H,8,11-15,34H2,1-7H3,(H2,35,43)(H2,36,44)/b10-9+,41-32-.